The van der Waals surface area contributed by atoms with Crippen molar-refractivity contribution in [1.29, 1.82) is 0 Å². The molecule has 1 saturated carbocycles. The fraction of sp³-hybridized carbons (Fsp3) is 0.571. The summed E-state index contributed by atoms with van der Waals surface area (Å²) in [6.07, 6.45) is 9.85. The predicted molar refractivity (Wildman–Crippen MR) is 108 cm³/mol. The molecule has 0 N–H and O–H groups in total. The molecule has 2 fully saturated rings. The van der Waals surface area contributed by atoms with E-state index in [4.69, 9.17) is 0 Å². The van der Waals surface area contributed by atoms with Gasteiger partial charge in [-0.25, -0.2) is 8.42 Å². The number of likely N-dealkylation sites (N-methyl/N-ethyl adjacent to an activating group) is 1. The van der Waals surface area contributed by atoms with Crippen molar-refractivity contribution >= 4 is 22.0 Å². The first-order chi connectivity index (χ1) is 13.0. The Morgan fingerprint density at radius 2 is 1.74 bits per heavy atom. The van der Waals surface area contributed by atoms with Crippen LogP contribution in [0.3, 0.4) is 0 Å². The van der Waals surface area contributed by atoms with E-state index in [1.165, 1.54) is 12.8 Å². The summed E-state index contributed by atoms with van der Waals surface area (Å²) < 4.78 is 27.2. The summed E-state index contributed by atoms with van der Waals surface area (Å²) in [6, 6.07) is 6.83. The average Bonchev–Trinajstić information content (AvgIpc) is 3.51. The SMILES string of the molecule is CCN(CC1CC1)C(=O)/C=C/c1ccc(S(=O)(=O)N2CCCCCC2)cc1. The molecule has 148 valence electrons. The van der Waals surface area contributed by atoms with E-state index < -0.39 is 10.0 Å². The molecule has 2 aliphatic rings. The third-order valence-corrected chi connectivity index (χ3v) is 7.28. The standard InChI is InChI=1S/C21H30N2O3S/c1-2-22(17-19-7-8-19)21(24)14-11-18-9-12-20(13-10-18)27(25,26)23-15-5-3-4-6-16-23/h9-14,19H,2-8,15-17H2,1H3/b14-11+. The Morgan fingerprint density at radius 3 is 2.30 bits per heavy atom. The van der Waals surface area contributed by atoms with Gasteiger partial charge in [0.25, 0.3) is 0 Å². The zero-order valence-corrected chi connectivity index (χ0v) is 17.0. The Kier molecular flexibility index (Phi) is 6.71. The Bertz CT molecular complexity index is 759. The third kappa shape index (κ3) is 5.42. The lowest BCUT2D eigenvalue weighted by atomic mass is 10.2. The second kappa shape index (κ2) is 9.02. The summed E-state index contributed by atoms with van der Waals surface area (Å²) in [6.45, 7) is 4.76. The largest absolute Gasteiger partial charge is 0.339 e. The van der Waals surface area contributed by atoms with Gasteiger partial charge in [0.15, 0.2) is 0 Å². The number of sulfonamides is 1. The molecule has 6 heteroatoms. The topological polar surface area (TPSA) is 57.7 Å². The predicted octanol–water partition coefficient (Wildman–Crippen LogP) is 3.52. The lowest BCUT2D eigenvalue weighted by molar-refractivity contribution is -0.126. The summed E-state index contributed by atoms with van der Waals surface area (Å²) in [5, 5.41) is 0. The average molecular weight is 391 g/mol. The van der Waals surface area contributed by atoms with Gasteiger partial charge in [0, 0.05) is 32.3 Å². The lowest BCUT2D eigenvalue weighted by Gasteiger charge is -2.20. The van der Waals surface area contributed by atoms with Crippen LogP contribution < -0.4 is 0 Å². The Hall–Kier alpha value is -1.66. The minimum atomic E-state index is -3.42. The quantitative estimate of drug-likeness (QED) is 0.669. The fourth-order valence-electron chi connectivity index (χ4n) is 3.44. The second-order valence-electron chi connectivity index (χ2n) is 7.54. The normalized spacial score (nSPS) is 19.1. The van der Waals surface area contributed by atoms with Crippen LogP contribution in [0.25, 0.3) is 6.08 Å². The van der Waals surface area contributed by atoms with Gasteiger partial charge in [-0.15, -0.1) is 0 Å². The first-order valence-electron chi connectivity index (χ1n) is 10.1. The van der Waals surface area contributed by atoms with Gasteiger partial charge in [0.1, 0.15) is 0 Å². The monoisotopic (exact) mass is 390 g/mol. The van der Waals surface area contributed by atoms with Crippen LogP contribution in [0, 0.1) is 5.92 Å². The van der Waals surface area contributed by atoms with Crippen molar-refractivity contribution < 1.29 is 13.2 Å². The van der Waals surface area contributed by atoms with Crippen LogP contribution in [0.4, 0.5) is 0 Å². The van der Waals surface area contributed by atoms with Gasteiger partial charge in [0.05, 0.1) is 4.90 Å². The molecule has 1 saturated heterocycles. The summed E-state index contributed by atoms with van der Waals surface area (Å²) >= 11 is 0. The molecule has 1 aromatic carbocycles. The molecule has 0 bridgehead atoms. The van der Waals surface area contributed by atoms with E-state index in [0.717, 1.165) is 37.8 Å². The van der Waals surface area contributed by atoms with E-state index >= 15 is 0 Å². The van der Waals surface area contributed by atoms with E-state index in [9.17, 15) is 13.2 Å². The first kappa shape index (κ1) is 20.1. The van der Waals surface area contributed by atoms with Crippen molar-refractivity contribution in [2.24, 2.45) is 5.92 Å². The smallest absolute Gasteiger partial charge is 0.246 e. The number of nitrogens with zero attached hydrogens (tertiary/aromatic N) is 2. The molecule has 27 heavy (non-hydrogen) atoms. The summed E-state index contributed by atoms with van der Waals surface area (Å²) in [5.74, 6) is 0.691. The Balaban J connectivity index is 1.64. The van der Waals surface area contributed by atoms with Crippen LogP contribution in [-0.4, -0.2) is 49.7 Å². The van der Waals surface area contributed by atoms with Gasteiger partial charge in [-0.05, 0) is 62.3 Å². The summed E-state index contributed by atoms with van der Waals surface area (Å²) in [5.41, 5.74) is 0.834. The number of carbonyl (C=O) groups excluding carboxylic acids is 1. The molecule has 0 aromatic heterocycles. The van der Waals surface area contributed by atoms with Crippen LogP contribution in [0.15, 0.2) is 35.2 Å². The minimum absolute atomic E-state index is 0.0191. The van der Waals surface area contributed by atoms with Gasteiger partial charge in [-0.3, -0.25) is 4.79 Å². The Labute approximate surface area is 163 Å². The molecule has 5 nitrogen and oxygen atoms in total. The third-order valence-electron chi connectivity index (χ3n) is 5.37. The highest BCUT2D eigenvalue weighted by molar-refractivity contribution is 7.89. The van der Waals surface area contributed by atoms with Crippen molar-refractivity contribution in [3.05, 3.63) is 35.9 Å². The van der Waals surface area contributed by atoms with E-state index in [-0.39, 0.29) is 5.91 Å². The number of amides is 1. The van der Waals surface area contributed by atoms with Gasteiger partial charge in [-0.2, -0.15) is 4.31 Å². The van der Waals surface area contributed by atoms with Crippen LogP contribution in [0.5, 0.6) is 0 Å². The highest BCUT2D eigenvalue weighted by Gasteiger charge is 2.26. The van der Waals surface area contributed by atoms with Crippen molar-refractivity contribution in [3.8, 4) is 0 Å². The summed E-state index contributed by atoms with van der Waals surface area (Å²) in [7, 11) is -3.42. The van der Waals surface area contributed by atoms with Crippen molar-refractivity contribution in [1.82, 2.24) is 9.21 Å². The molecule has 1 aliphatic carbocycles. The molecular weight excluding hydrogens is 360 g/mol. The van der Waals surface area contributed by atoms with Crippen LogP contribution in [-0.2, 0) is 14.8 Å². The highest BCUT2D eigenvalue weighted by atomic mass is 32.2. The summed E-state index contributed by atoms with van der Waals surface area (Å²) in [4.78, 5) is 14.5. The van der Waals surface area contributed by atoms with E-state index in [2.05, 4.69) is 0 Å². The molecule has 1 amide bonds. The first-order valence-corrected chi connectivity index (χ1v) is 11.5. The number of benzene rings is 1. The van der Waals surface area contributed by atoms with E-state index in [1.54, 1.807) is 40.7 Å². The molecule has 1 aliphatic heterocycles. The van der Waals surface area contributed by atoms with Crippen molar-refractivity contribution in [3.63, 3.8) is 0 Å². The molecular formula is C21H30N2O3S. The van der Waals surface area contributed by atoms with Crippen LogP contribution in [0.1, 0.15) is 51.0 Å². The van der Waals surface area contributed by atoms with Crippen LogP contribution >= 0.6 is 0 Å². The molecule has 1 heterocycles. The maximum atomic E-state index is 12.8. The highest BCUT2D eigenvalue weighted by Crippen LogP contribution is 2.29. The lowest BCUT2D eigenvalue weighted by Crippen LogP contribution is -2.31. The Morgan fingerprint density at radius 1 is 1.11 bits per heavy atom. The molecule has 1 aromatic rings. The van der Waals surface area contributed by atoms with Crippen LogP contribution in [0.2, 0.25) is 0 Å². The molecule has 0 spiro atoms. The van der Waals surface area contributed by atoms with Crippen molar-refractivity contribution in [2.75, 3.05) is 26.2 Å². The number of rotatable bonds is 7. The minimum Gasteiger partial charge on any atom is -0.339 e. The van der Waals surface area contributed by atoms with Gasteiger partial charge < -0.3 is 4.90 Å². The van der Waals surface area contributed by atoms with Gasteiger partial charge in [0.2, 0.25) is 15.9 Å². The zero-order valence-electron chi connectivity index (χ0n) is 16.1. The second-order valence-corrected chi connectivity index (χ2v) is 9.48. The maximum Gasteiger partial charge on any atom is 0.246 e. The van der Waals surface area contributed by atoms with E-state index in [0.29, 0.717) is 30.4 Å². The number of hydrogen-bond acceptors (Lipinski definition) is 3. The fourth-order valence-corrected chi connectivity index (χ4v) is 4.96. The van der Waals surface area contributed by atoms with Gasteiger partial charge in [-0.1, -0.05) is 25.0 Å². The van der Waals surface area contributed by atoms with Crippen molar-refractivity contribution in [2.45, 2.75) is 50.3 Å². The van der Waals surface area contributed by atoms with E-state index in [1.807, 2.05) is 11.8 Å². The van der Waals surface area contributed by atoms with Gasteiger partial charge >= 0.3 is 0 Å². The maximum absolute atomic E-state index is 12.8. The molecule has 3 rings (SSSR count). The molecule has 0 atom stereocenters. The number of hydrogen-bond donors (Lipinski definition) is 0. The molecule has 0 unspecified atom stereocenters. The zero-order chi connectivity index (χ0) is 19.3. The number of carbonyl (C=O) groups is 1. The molecule has 0 radical (unpaired) electrons.